The van der Waals surface area contributed by atoms with Crippen LogP contribution in [0.15, 0.2) is 42.5 Å². The van der Waals surface area contributed by atoms with Crippen molar-refractivity contribution in [2.75, 3.05) is 20.6 Å². The smallest absolute Gasteiger partial charge is 0.255 e. The summed E-state index contributed by atoms with van der Waals surface area (Å²) in [6.07, 6.45) is 0. The van der Waals surface area contributed by atoms with Gasteiger partial charge in [-0.2, -0.15) is 0 Å². The highest BCUT2D eigenvalue weighted by molar-refractivity contribution is 6.33. The van der Waals surface area contributed by atoms with Crippen molar-refractivity contribution in [1.29, 1.82) is 0 Å². The first-order valence-electron chi connectivity index (χ1n) is 7.04. The predicted molar refractivity (Wildman–Crippen MR) is 86.6 cm³/mol. The normalized spacial score (nSPS) is 12.3. The lowest BCUT2D eigenvalue weighted by Crippen LogP contribution is -2.35. The van der Waals surface area contributed by atoms with Crippen LogP contribution < -0.4 is 5.32 Å². The van der Waals surface area contributed by atoms with E-state index in [9.17, 15) is 13.6 Å². The number of carbonyl (C=O) groups is 1. The summed E-state index contributed by atoms with van der Waals surface area (Å²) in [7, 11) is 3.63. The maximum atomic E-state index is 13.8. The van der Waals surface area contributed by atoms with Crippen molar-refractivity contribution in [1.82, 2.24) is 10.2 Å². The largest absolute Gasteiger partial charge is 0.350 e. The molecule has 0 aliphatic rings. The van der Waals surface area contributed by atoms with E-state index in [4.69, 9.17) is 11.6 Å². The van der Waals surface area contributed by atoms with Crippen LogP contribution in [0.4, 0.5) is 8.78 Å². The molecule has 1 atom stereocenters. The van der Waals surface area contributed by atoms with Gasteiger partial charge < -0.3 is 10.2 Å². The quantitative estimate of drug-likeness (QED) is 0.902. The van der Waals surface area contributed by atoms with Crippen LogP contribution in [0.5, 0.6) is 0 Å². The van der Waals surface area contributed by atoms with Gasteiger partial charge in [0.2, 0.25) is 0 Å². The Hall–Kier alpha value is -1.98. The summed E-state index contributed by atoms with van der Waals surface area (Å²) in [5.41, 5.74) is 0.529. The van der Waals surface area contributed by atoms with Gasteiger partial charge in [-0.05, 0) is 43.9 Å². The Labute approximate surface area is 138 Å². The molecule has 2 aromatic rings. The topological polar surface area (TPSA) is 32.3 Å². The predicted octanol–water partition coefficient (Wildman–Crippen LogP) is 3.65. The summed E-state index contributed by atoms with van der Waals surface area (Å²) in [5.74, 6) is -1.63. The number of rotatable bonds is 5. The molecule has 2 aromatic carbocycles. The summed E-state index contributed by atoms with van der Waals surface area (Å²) in [6.45, 7) is 0.194. The summed E-state index contributed by atoms with van der Waals surface area (Å²) < 4.78 is 27.1. The molecule has 3 nitrogen and oxygen atoms in total. The van der Waals surface area contributed by atoms with Crippen LogP contribution in [0.2, 0.25) is 5.02 Å². The fraction of sp³-hybridized carbons (Fsp3) is 0.235. The van der Waals surface area contributed by atoms with E-state index in [0.29, 0.717) is 0 Å². The van der Waals surface area contributed by atoms with Crippen LogP contribution in [0.1, 0.15) is 22.0 Å². The number of nitrogens with zero attached hydrogens (tertiary/aromatic N) is 1. The molecule has 23 heavy (non-hydrogen) atoms. The van der Waals surface area contributed by atoms with Gasteiger partial charge in [0.25, 0.3) is 5.91 Å². The second kappa shape index (κ2) is 7.53. The third-order valence-corrected chi connectivity index (χ3v) is 3.82. The SMILES string of the molecule is CN(C)C(CNC(=O)c1c(F)cccc1Cl)c1cccc(F)c1. The molecule has 2 rings (SSSR count). The van der Waals surface area contributed by atoms with Gasteiger partial charge in [-0.25, -0.2) is 8.78 Å². The van der Waals surface area contributed by atoms with Crippen LogP contribution in [0, 0.1) is 11.6 Å². The van der Waals surface area contributed by atoms with Crippen LogP contribution in [0.3, 0.4) is 0 Å². The van der Waals surface area contributed by atoms with Crippen molar-refractivity contribution in [3.63, 3.8) is 0 Å². The summed E-state index contributed by atoms with van der Waals surface area (Å²) in [5, 5.41) is 2.70. The van der Waals surface area contributed by atoms with Crippen LogP contribution in [0.25, 0.3) is 0 Å². The summed E-state index contributed by atoms with van der Waals surface area (Å²) in [4.78, 5) is 14.0. The number of likely N-dealkylation sites (N-methyl/N-ethyl adjacent to an activating group) is 1. The van der Waals surface area contributed by atoms with E-state index in [0.717, 1.165) is 5.56 Å². The average molecular weight is 339 g/mol. The van der Waals surface area contributed by atoms with Crippen molar-refractivity contribution in [2.24, 2.45) is 0 Å². The van der Waals surface area contributed by atoms with Gasteiger partial charge in [0.15, 0.2) is 0 Å². The van der Waals surface area contributed by atoms with Crippen LogP contribution >= 0.6 is 11.6 Å². The first-order chi connectivity index (χ1) is 10.9. The molecule has 1 N–H and O–H groups in total. The molecule has 0 aliphatic heterocycles. The van der Waals surface area contributed by atoms with E-state index >= 15 is 0 Å². The fourth-order valence-corrected chi connectivity index (χ4v) is 2.55. The second-order valence-corrected chi connectivity index (χ2v) is 5.75. The number of nitrogens with one attached hydrogen (secondary N) is 1. The molecular weight excluding hydrogens is 322 g/mol. The number of hydrogen-bond donors (Lipinski definition) is 1. The minimum absolute atomic E-state index is 0.0506. The highest BCUT2D eigenvalue weighted by Gasteiger charge is 2.19. The Kier molecular flexibility index (Phi) is 5.69. The molecule has 0 heterocycles. The zero-order chi connectivity index (χ0) is 17.0. The molecule has 1 unspecified atom stereocenters. The molecule has 122 valence electrons. The van der Waals surface area contributed by atoms with Gasteiger partial charge in [0, 0.05) is 6.54 Å². The molecule has 0 aromatic heterocycles. The van der Waals surface area contributed by atoms with Crippen molar-refractivity contribution in [2.45, 2.75) is 6.04 Å². The molecule has 1 amide bonds. The molecule has 0 bridgehead atoms. The Morgan fingerprint density at radius 1 is 1.22 bits per heavy atom. The van der Waals surface area contributed by atoms with Gasteiger partial charge in [-0.3, -0.25) is 4.79 Å². The van der Waals surface area contributed by atoms with E-state index in [2.05, 4.69) is 5.32 Å². The summed E-state index contributed by atoms with van der Waals surface area (Å²) >= 11 is 5.88. The Morgan fingerprint density at radius 2 is 1.91 bits per heavy atom. The molecule has 0 aliphatic carbocycles. The number of hydrogen-bond acceptors (Lipinski definition) is 2. The van der Waals surface area contributed by atoms with E-state index in [1.807, 2.05) is 19.0 Å². The molecule has 0 fully saturated rings. The lowest BCUT2D eigenvalue weighted by molar-refractivity contribution is 0.0938. The molecule has 0 saturated carbocycles. The van der Waals surface area contributed by atoms with Crippen LogP contribution in [-0.4, -0.2) is 31.4 Å². The first kappa shape index (κ1) is 17.4. The molecule has 0 radical (unpaired) electrons. The van der Waals surface area contributed by atoms with E-state index in [1.54, 1.807) is 12.1 Å². The van der Waals surface area contributed by atoms with Crippen molar-refractivity contribution < 1.29 is 13.6 Å². The third kappa shape index (κ3) is 4.27. The fourth-order valence-electron chi connectivity index (χ4n) is 2.30. The molecule has 0 spiro atoms. The highest BCUT2D eigenvalue weighted by atomic mass is 35.5. The zero-order valence-electron chi connectivity index (χ0n) is 12.8. The highest BCUT2D eigenvalue weighted by Crippen LogP contribution is 2.21. The number of amides is 1. The molecule has 0 saturated heterocycles. The van der Waals surface area contributed by atoms with Gasteiger partial charge in [-0.15, -0.1) is 0 Å². The minimum atomic E-state index is -0.679. The van der Waals surface area contributed by atoms with Crippen molar-refractivity contribution in [3.05, 3.63) is 70.2 Å². The first-order valence-corrected chi connectivity index (χ1v) is 7.42. The van der Waals surface area contributed by atoms with Crippen molar-refractivity contribution >= 4 is 17.5 Å². The van der Waals surface area contributed by atoms with Gasteiger partial charge in [-0.1, -0.05) is 29.8 Å². The molecular formula is C17H17ClF2N2O. The van der Waals surface area contributed by atoms with Gasteiger partial charge in [0.05, 0.1) is 16.6 Å². The third-order valence-electron chi connectivity index (χ3n) is 3.50. The lowest BCUT2D eigenvalue weighted by atomic mass is 10.1. The Balaban J connectivity index is 2.15. The number of benzene rings is 2. The summed E-state index contributed by atoms with van der Waals surface area (Å²) in [6, 6.07) is 9.96. The lowest BCUT2D eigenvalue weighted by Gasteiger charge is -2.25. The van der Waals surface area contributed by atoms with E-state index in [1.165, 1.54) is 30.3 Å². The van der Waals surface area contributed by atoms with Gasteiger partial charge >= 0.3 is 0 Å². The standard InChI is InChI=1S/C17H17ClF2N2O/c1-22(2)15(11-5-3-6-12(19)9-11)10-21-17(23)16-13(18)7-4-8-14(16)20/h3-9,15H,10H2,1-2H3,(H,21,23). The van der Waals surface area contributed by atoms with Gasteiger partial charge in [0.1, 0.15) is 11.6 Å². The number of halogens is 3. The monoisotopic (exact) mass is 338 g/mol. The second-order valence-electron chi connectivity index (χ2n) is 5.34. The van der Waals surface area contributed by atoms with Crippen LogP contribution in [-0.2, 0) is 0 Å². The maximum Gasteiger partial charge on any atom is 0.255 e. The van der Waals surface area contributed by atoms with Crippen molar-refractivity contribution in [3.8, 4) is 0 Å². The van der Waals surface area contributed by atoms with E-state index in [-0.39, 0.29) is 29.0 Å². The molecule has 6 heteroatoms. The Bertz CT molecular complexity index is 686. The maximum absolute atomic E-state index is 13.8. The zero-order valence-corrected chi connectivity index (χ0v) is 13.6. The average Bonchev–Trinajstić information content (AvgIpc) is 2.47. The number of carbonyl (C=O) groups excluding carboxylic acids is 1. The minimum Gasteiger partial charge on any atom is -0.350 e. The van der Waals surface area contributed by atoms with E-state index < -0.39 is 11.7 Å². The Morgan fingerprint density at radius 3 is 2.52 bits per heavy atom.